The molecule has 4 heteroatoms. The first kappa shape index (κ1) is 6.97. The van der Waals surface area contributed by atoms with Crippen LogP contribution in [0.4, 0.5) is 0 Å². The third kappa shape index (κ3) is 0.972. The molecule has 0 aliphatic rings. The molecular weight excluding hydrogens is 154 g/mol. The molecule has 12 heavy (non-hydrogen) atoms. The molecule has 0 radical (unpaired) electrons. The second-order valence-corrected chi connectivity index (χ2v) is 2.58. The molecule has 1 N–H and O–H groups in total. The smallest absolute Gasteiger partial charge is 0.161 e. The van der Waals surface area contributed by atoms with Gasteiger partial charge in [-0.2, -0.15) is 5.10 Å². The van der Waals surface area contributed by atoms with Gasteiger partial charge in [-0.15, -0.1) is 0 Å². The Labute approximate surface area is 68.6 Å². The number of nitrogens with one attached hydrogen (secondary N) is 1. The minimum atomic E-state index is 0.0130. The maximum absolute atomic E-state index is 10.9. The third-order valence-electron chi connectivity index (χ3n) is 1.70. The average Bonchev–Trinajstić information content (AvgIpc) is 2.49. The first-order valence-corrected chi connectivity index (χ1v) is 3.57. The summed E-state index contributed by atoms with van der Waals surface area (Å²) in [7, 11) is 0. The van der Waals surface area contributed by atoms with E-state index in [0.29, 0.717) is 5.56 Å². The van der Waals surface area contributed by atoms with Crippen LogP contribution in [0.5, 0.6) is 0 Å². The third-order valence-corrected chi connectivity index (χ3v) is 1.70. The predicted molar refractivity (Wildman–Crippen MR) is 43.9 cm³/mol. The number of nitrogens with zero attached hydrogens (tertiary/aromatic N) is 2. The largest absolute Gasteiger partial charge is 0.294 e. The zero-order valence-electron chi connectivity index (χ0n) is 6.53. The highest BCUT2D eigenvalue weighted by Crippen LogP contribution is 2.09. The number of Topliss-reactive ketones (excluding diaryl/α,β-unsaturated/α-hetero) is 1. The van der Waals surface area contributed by atoms with Crippen LogP contribution in [-0.2, 0) is 0 Å². The summed E-state index contributed by atoms with van der Waals surface area (Å²) in [6, 6.07) is 1.75. The van der Waals surface area contributed by atoms with Crippen molar-refractivity contribution in [1.29, 1.82) is 0 Å². The van der Waals surface area contributed by atoms with E-state index in [-0.39, 0.29) is 5.78 Å². The summed E-state index contributed by atoms with van der Waals surface area (Å²) in [4.78, 5) is 15.0. The molecular formula is C8H7N3O. The quantitative estimate of drug-likeness (QED) is 0.638. The van der Waals surface area contributed by atoms with Crippen LogP contribution in [-0.4, -0.2) is 21.0 Å². The summed E-state index contributed by atoms with van der Waals surface area (Å²) >= 11 is 0. The zero-order valence-corrected chi connectivity index (χ0v) is 6.53. The van der Waals surface area contributed by atoms with Gasteiger partial charge in [0.25, 0.3) is 0 Å². The van der Waals surface area contributed by atoms with Crippen LogP contribution in [0.15, 0.2) is 18.5 Å². The lowest BCUT2D eigenvalue weighted by Crippen LogP contribution is -1.92. The van der Waals surface area contributed by atoms with Crippen molar-refractivity contribution < 1.29 is 4.79 Å². The molecule has 0 saturated carbocycles. The lowest BCUT2D eigenvalue weighted by molar-refractivity contribution is 0.101. The van der Waals surface area contributed by atoms with E-state index in [2.05, 4.69) is 15.2 Å². The van der Waals surface area contributed by atoms with Gasteiger partial charge in [0.1, 0.15) is 5.52 Å². The SMILES string of the molecule is CC(=O)c1cnc2cn[nH]c2c1. The fraction of sp³-hybridized carbons (Fsp3) is 0.125. The number of rotatable bonds is 1. The van der Waals surface area contributed by atoms with Crippen LogP contribution in [0.2, 0.25) is 0 Å². The van der Waals surface area contributed by atoms with Gasteiger partial charge in [-0.3, -0.25) is 14.9 Å². The number of hydrogen-bond acceptors (Lipinski definition) is 3. The number of hydrogen-bond donors (Lipinski definition) is 1. The van der Waals surface area contributed by atoms with Crippen LogP contribution >= 0.6 is 0 Å². The minimum absolute atomic E-state index is 0.0130. The van der Waals surface area contributed by atoms with Crippen molar-refractivity contribution in [2.24, 2.45) is 0 Å². The highest BCUT2D eigenvalue weighted by molar-refractivity contribution is 5.96. The van der Waals surface area contributed by atoms with Gasteiger partial charge >= 0.3 is 0 Å². The number of H-pyrrole nitrogens is 1. The number of ketones is 1. The Morgan fingerprint density at radius 1 is 1.50 bits per heavy atom. The lowest BCUT2D eigenvalue weighted by Gasteiger charge is -1.92. The second-order valence-electron chi connectivity index (χ2n) is 2.58. The fourth-order valence-corrected chi connectivity index (χ4v) is 1.02. The first-order chi connectivity index (χ1) is 5.77. The number of aromatic amines is 1. The number of fused-ring (bicyclic) bond motifs is 1. The van der Waals surface area contributed by atoms with Crippen LogP contribution in [0.3, 0.4) is 0 Å². The normalized spacial score (nSPS) is 10.4. The van der Waals surface area contributed by atoms with Crippen molar-refractivity contribution in [3.63, 3.8) is 0 Å². The van der Waals surface area contributed by atoms with Gasteiger partial charge in [-0.05, 0) is 13.0 Å². The van der Waals surface area contributed by atoms with Gasteiger partial charge < -0.3 is 0 Å². The van der Waals surface area contributed by atoms with Crippen molar-refractivity contribution in [2.45, 2.75) is 6.92 Å². The Morgan fingerprint density at radius 2 is 2.33 bits per heavy atom. The summed E-state index contributed by atoms with van der Waals surface area (Å²) in [6.07, 6.45) is 3.18. The summed E-state index contributed by atoms with van der Waals surface area (Å²) in [5, 5.41) is 6.55. The van der Waals surface area contributed by atoms with Crippen LogP contribution < -0.4 is 0 Å². The number of carbonyl (C=O) groups is 1. The minimum Gasteiger partial charge on any atom is -0.294 e. The molecule has 0 amide bonds. The number of carbonyl (C=O) groups excluding carboxylic acids is 1. The summed E-state index contributed by atoms with van der Waals surface area (Å²) in [6.45, 7) is 1.51. The van der Waals surface area contributed by atoms with Crippen molar-refractivity contribution >= 4 is 16.8 Å². The molecule has 0 aliphatic carbocycles. The predicted octanol–water partition coefficient (Wildman–Crippen LogP) is 1.16. The van der Waals surface area contributed by atoms with Gasteiger partial charge in [-0.1, -0.05) is 0 Å². The van der Waals surface area contributed by atoms with Crippen LogP contribution in [0.25, 0.3) is 11.0 Å². The van der Waals surface area contributed by atoms with Crippen molar-refractivity contribution in [3.05, 3.63) is 24.0 Å². The van der Waals surface area contributed by atoms with Gasteiger partial charge in [0.2, 0.25) is 0 Å². The highest BCUT2D eigenvalue weighted by Gasteiger charge is 2.02. The molecule has 0 spiro atoms. The van der Waals surface area contributed by atoms with Gasteiger partial charge in [-0.25, -0.2) is 0 Å². The fourth-order valence-electron chi connectivity index (χ4n) is 1.02. The Bertz CT molecular complexity index is 433. The Kier molecular flexibility index (Phi) is 1.40. The topological polar surface area (TPSA) is 58.6 Å². The molecule has 0 atom stereocenters. The summed E-state index contributed by atoms with van der Waals surface area (Å²) < 4.78 is 0. The highest BCUT2D eigenvalue weighted by atomic mass is 16.1. The molecule has 0 saturated heterocycles. The first-order valence-electron chi connectivity index (χ1n) is 3.57. The van der Waals surface area contributed by atoms with E-state index in [0.717, 1.165) is 11.0 Å². The Balaban J connectivity index is 2.68. The molecule has 2 aromatic heterocycles. The van der Waals surface area contributed by atoms with E-state index in [1.807, 2.05) is 0 Å². The molecule has 2 heterocycles. The molecule has 2 rings (SSSR count). The molecule has 4 nitrogen and oxygen atoms in total. The van der Waals surface area contributed by atoms with Crippen molar-refractivity contribution in [2.75, 3.05) is 0 Å². The van der Waals surface area contributed by atoms with E-state index in [9.17, 15) is 4.79 Å². The average molecular weight is 161 g/mol. The van der Waals surface area contributed by atoms with Crippen molar-refractivity contribution in [3.8, 4) is 0 Å². The van der Waals surface area contributed by atoms with Gasteiger partial charge in [0.05, 0.1) is 11.7 Å². The Hall–Kier alpha value is -1.71. The lowest BCUT2D eigenvalue weighted by atomic mass is 10.2. The zero-order chi connectivity index (χ0) is 8.55. The second kappa shape index (κ2) is 2.41. The molecule has 0 unspecified atom stereocenters. The maximum Gasteiger partial charge on any atom is 0.161 e. The van der Waals surface area contributed by atoms with E-state index in [1.54, 1.807) is 18.5 Å². The van der Waals surface area contributed by atoms with E-state index in [1.165, 1.54) is 6.92 Å². The molecule has 2 aromatic rings. The van der Waals surface area contributed by atoms with E-state index < -0.39 is 0 Å². The monoisotopic (exact) mass is 161 g/mol. The molecule has 0 aliphatic heterocycles. The van der Waals surface area contributed by atoms with E-state index in [4.69, 9.17) is 0 Å². The van der Waals surface area contributed by atoms with Gasteiger partial charge in [0, 0.05) is 11.8 Å². The standard InChI is InChI=1S/C8H7N3O/c1-5(12)6-2-7-8(9-3-6)4-10-11-7/h2-4H,1H3,(H,10,11). The molecule has 0 fully saturated rings. The van der Waals surface area contributed by atoms with Gasteiger partial charge in [0.15, 0.2) is 5.78 Å². The van der Waals surface area contributed by atoms with Crippen LogP contribution in [0.1, 0.15) is 17.3 Å². The number of pyridine rings is 1. The number of aromatic nitrogens is 3. The maximum atomic E-state index is 10.9. The summed E-state index contributed by atoms with van der Waals surface area (Å²) in [5.41, 5.74) is 2.18. The summed E-state index contributed by atoms with van der Waals surface area (Å²) in [5.74, 6) is 0.0130. The Morgan fingerprint density at radius 3 is 3.08 bits per heavy atom. The van der Waals surface area contributed by atoms with Crippen LogP contribution in [0, 0.1) is 0 Å². The van der Waals surface area contributed by atoms with E-state index >= 15 is 0 Å². The molecule has 0 bridgehead atoms. The molecule has 0 aromatic carbocycles. The molecule has 60 valence electrons. The van der Waals surface area contributed by atoms with Crippen molar-refractivity contribution in [1.82, 2.24) is 15.2 Å².